The van der Waals surface area contributed by atoms with Gasteiger partial charge in [-0.1, -0.05) is 55.1 Å². The number of rotatable bonds is 3. The molecule has 0 radical (unpaired) electrons. The zero-order valence-electron chi connectivity index (χ0n) is 23.2. The summed E-state index contributed by atoms with van der Waals surface area (Å²) in [5.74, 6) is 0.0869. The van der Waals surface area contributed by atoms with Crippen LogP contribution in [0.1, 0.15) is 29.2 Å². The zero-order valence-corrected chi connectivity index (χ0v) is 23.2. The van der Waals surface area contributed by atoms with Gasteiger partial charge in [-0.25, -0.2) is 13.2 Å². The number of hydrogen-bond donors (Lipinski definition) is 0. The molecule has 3 aliphatic rings. The molecule has 208 valence electrons. The molecule has 0 aromatic heterocycles. The lowest BCUT2D eigenvalue weighted by Gasteiger charge is -2.35. The van der Waals surface area contributed by atoms with E-state index in [1.165, 1.54) is 24.3 Å². The van der Waals surface area contributed by atoms with Crippen molar-refractivity contribution in [3.63, 3.8) is 0 Å². The van der Waals surface area contributed by atoms with Crippen LogP contribution in [0.5, 0.6) is 11.5 Å². The predicted molar refractivity (Wildman–Crippen MR) is 165 cm³/mol. The molecule has 8 rings (SSSR count). The van der Waals surface area contributed by atoms with Crippen LogP contribution in [0.2, 0.25) is 0 Å². The van der Waals surface area contributed by atoms with Crippen molar-refractivity contribution in [1.82, 2.24) is 0 Å². The second-order valence-electron chi connectivity index (χ2n) is 11.1. The molecule has 0 saturated carbocycles. The molecule has 1 atom stereocenters. The summed E-state index contributed by atoms with van der Waals surface area (Å²) in [6.45, 7) is 5.35. The fourth-order valence-corrected chi connectivity index (χ4v) is 7.16. The van der Waals surface area contributed by atoms with Gasteiger partial charge in [-0.05, 0) is 118 Å². The highest BCUT2D eigenvalue weighted by atomic mass is 19.1. The van der Waals surface area contributed by atoms with Crippen LogP contribution in [-0.4, -0.2) is 0 Å². The van der Waals surface area contributed by atoms with E-state index in [4.69, 9.17) is 4.74 Å². The van der Waals surface area contributed by atoms with Gasteiger partial charge in [0.2, 0.25) is 0 Å². The summed E-state index contributed by atoms with van der Waals surface area (Å²) in [5, 5.41) is 0. The van der Waals surface area contributed by atoms with Crippen molar-refractivity contribution < 1.29 is 17.9 Å². The summed E-state index contributed by atoms with van der Waals surface area (Å²) in [4.78, 5) is 2.15. The lowest BCUT2D eigenvalue weighted by Crippen LogP contribution is -2.27. The number of anilines is 3. The van der Waals surface area contributed by atoms with Gasteiger partial charge in [0.25, 0.3) is 0 Å². The minimum atomic E-state index is -0.997. The summed E-state index contributed by atoms with van der Waals surface area (Å²) < 4.78 is 50.3. The van der Waals surface area contributed by atoms with Crippen molar-refractivity contribution >= 4 is 22.6 Å². The van der Waals surface area contributed by atoms with Crippen molar-refractivity contribution in [2.24, 2.45) is 0 Å². The number of para-hydroxylation sites is 4. The Kier molecular flexibility index (Phi) is 5.38. The molecule has 2 nitrogen and oxygen atoms in total. The molecule has 43 heavy (non-hydrogen) atoms. The van der Waals surface area contributed by atoms with Crippen LogP contribution in [0.3, 0.4) is 0 Å². The standard InChI is InChI=1S/C38H24F3NO/c1-22(39)11-15-27-23(2)38(31-19-24(40)12-16-28(27)31)32-20-25(41)13-17-29(32)30-18-14-26(21-33(30)38)42-34-7-3-5-9-36(34)43-37-10-6-4-8-35(37)42/h3-21H,1H2,2H3. The van der Waals surface area contributed by atoms with Gasteiger partial charge in [0.1, 0.15) is 17.5 Å². The lowest BCUT2D eigenvalue weighted by molar-refractivity contribution is 0.477. The van der Waals surface area contributed by atoms with Crippen molar-refractivity contribution in [2.45, 2.75) is 12.3 Å². The lowest BCUT2D eigenvalue weighted by atomic mass is 9.70. The van der Waals surface area contributed by atoms with Crippen LogP contribution in [0.15, 0.2) is 133 Å². The molecular formula is C38H24F3NO. The Labute approximate surface area is 247 Å². The van der Waals surface area contributed by atoms with Crippen LogP contribution < -0.4 is 9.64 Å². The van der Waals surface area contributed by atoms with Gasteiger partial charge >= 0.3 is 0 Å². The van der Waals surface area contributed by atoms with E-state index in [1.54, 1.807) is 24.3 Å². The third-order valence-corrected chi connectivity index (χ3v) is 8.85. The molecule has 5 aromatic rings. The molecule has 2 aliphatic carbocycles. The molecule has 1 heterocycles. The maximum atomic E-state index is 15.1. The first-order chi connectivity index (χ1) is 20.9. The third-order valence-electron chi connectivity index (χ3n) is 8.85. The van der Waals surface area contributed by atoms with Crippen LogP contribution in [-0.2, 0) is 5.41 Å². The minimum absolute atomic E-state index is 0.380. The summed E-state index contributed by atoms with van der Waals surface area (Å²) in [6, 6.07) is 31.4. The molecule has 0 saturated heterocycles. The average molecular weight is 568 g/mol. The summed E-state index contributed by atoms with van der Waals surface area (Å²) in [6.07, 6.45) is 2.99. The molecular weight excluding hydrogens is 543 g/mol. The molecule has 1 aliphatic heterocycles. The van der Waals surface area contributed by atoms with Crippen molar-refractivity contribution in [2.75, 3.05) is 4.90 Å². The molecule has 0 N–H and O–H groups in total. The van der Waals surface area contributed by atoms with Crippen molar-refractivity contribution in [1.29, 1.82) is 0 Å². The highest BCUT2D eigenvalue weighted by molar-refractivity contribution is 5.98. The molecule has 5 heteroatoms. The smallest absolute Gasteiger partial charge is 0.151 e. The fraction of sp³-hybridized carbons (Fsp3) is 0.0526. The molecule has 5 aromatic carbocycles. The van der Waals surface area contributed by atoms with E-state index in [0.717, 1.165) is 67.5 Å². The fourth-order valence-electron chi connectivity index (χ4n) is 7.16. The highest BCUT2D eigenvalue weighted by Crippen LogP contribution is 2.63. The Morgan fingerprint density at radius 1 is 0.721 bits per heavy atom. The number of nitrogens with zero attached hydrogens (tertiary/aromatic N) is 1. The van der Waals surface area contributed by atoms with E-state index in [-0.39, 0.29) is 5.82 Å². The van der Waals surface area contributed by atoms with Gasteiger partial charge in [-0.15, -0.1) is 0 Å². The van der Waals surface area contributed by atoms with Crippen LogP contribution >= 0.6 is 0 Å². The topological polar surface area (TPSA) is 12.5 Å². The maximum absolute atomic E-state index is 15.1. The molecule has 1 spiro atoms. The van der Waals surface area contributed by atoms with E-state index >= 15 is 8.78 Å². The van der Waals surface area contributed by atoms with E-state index < -0.39 is 17.1 Å². The normalized spacial score (nSPS) is 17.4. The SMILES string of the molecule is C=C(F)C=CC1=C(C)C2(c3cc(F)ccc31)c1cc(F)ccc1-c1ccc(N3c4ccccc4Oc4ccccc43)cc12. The molecule has 0 amide bonds. The van der Waals surface area contributed by atoms with Gasteiger partial charge in [0.05, 0.1) is 16.8 Å². The van der Waals surface area contributed by atoms with E-state index in [1.807, 2.05) is 55.5 Å². The molecule has 0 bridgehead atoms. The molecule has 0 fully saturated rings. The average Bonchev–Trinajstić information content (AvgIpc) is 3.42. The summed E-state index contributed by atoms with van der Waals surface area (Å²) in [5.41, 5.74) is 8.16. The van der Waals surface area contributed by atoms with Gasteiger partial charge in [-0.2, -0.15) is 0 Å². The number of benzene rings is 5. The minimum Gasteiger partial charge on any atom is -0.453 e. The highest BCUT2D eigenvalue weighted by Gasteiger charge is 2.52. The second-order valence-corrected chi connectivity index (χ2v) is 11.1. The number of fused-ring (bicyclic) bond motifs is 9. The largest absolute Gasteiger partial charge is 0.453 e. The zero-order chi connectivity index (χ0) is 29.5. The Balaban J connectivity index is 1.45. The van der Waals surface area contributed by atoms with Crippen LogP contribution in [0, 0.1) is 11.6 Å². The number of ether oxygens (including phenoxy) is 1. The van der Waals surface area contributed by atoms with Gasteiger partial charge in [0, 0.05) is 5.69 Å². The Bertz CT molecular complexity index is 2050. The monoisotopic (exact) mass is 567 g/mol. The summed E-state index contributed by atoms with van der Waals surface area (Å²) >= 11 is 0. The van der Waals surface area contributed by atoms with Gasteiger partial charge in [-0.3, -0.25) is 0 Å². The Hall–Kier alpha value is -5.29. The van der Waals surface area contributed by atoms with E-state index in [9.17, 15) is 4.39 Å². The van der Waals surface area contributed by atoms with E-state index in [0.29, 0.717) is 5.56 Å². The van der Waals surface area contributed by atoms with Crippen LogP contribution in [0.4, 0.5) is 30.2 Å². The number of allylic oxidation sites excluding steroid dienone is 5. The maximum Gasteiger partial charge on any atom is 0.151 e. The van der Waals surface area contributed by atoms with E-state index in [2.05, 4.69) is 29.7 Å². The first-order valence-corrected chi connectivity index (χ1v) is 14.0. The molecule has 1 unspecified atom stereocenters. The first kappa shape index (κ1) is 25.4. The first-order valence-electron chi connectivity index (χ1n) is 14.0. The van der Waals surface area contributed by atoms with Crippen LogP contribution in [0.25, 0.3) is 16.7 Å². The predicted octanol–water partition coefficient (Wildman–Crippen LogP) is 10.7. The number of hydrogen-bond acceptors (Lipinski definition) is 2. The van der Waals surface area contributed by atoms with Gasteiger partial charge in [0.15, 0.2) is 11.5 Å². The van der Waals surface area contributed by atoms with Crippen molar-refractivity contribution in [3.05, 3.63) is 167 Å². The second kappa shape index (κ2) is 9.10. The van der Waals surface area contributed by atoms with Gasteiger partial charge < -0.3 is 9.64 Å². The quantitative estimate of drug-likeness (QED) is 0.197. The third kappa shape index (κ3) is 3.48. The summed E-state index contributed by atoms with van der Waals surface area (Å²) in [7, 11) is 0. The Morgan fingerprint density at radius 3 is 1.88 bits per heavy atom. The Morgan fingerprint density at radius 2 is 1.26 bits per heavy atom. The number of halogens is 3. The van der Waals surface area contributed by atoms with Crippen molar-refractivity contribution in [3.8, 4) is 22.6 Å².